The van der Waals surface area contributed by atoms with Gasteiger partial charge in [0.2, 0.25) is 5.91 Å². The molecule has 1 aliphatic rings. The fourth-order valence-corrected chi connectivity index (χ4v) is 3.75. The molecule has 1 atom stereocenters. The first kappa shape index (κ1) is 22.8. The van der Waals surface area contributed by atoms with Crippen molar-refractivity contribution in [3.63, 3.8) is 0 Å². The Balaban J connectivity index is 1.79. The Morgan fingerprint density at radius 2 is 1.90 bits per heavy atom. The molecule has 0 saturated heterocycles. The lowest BCUT2D eigenvalue weighted by Crippen LogP contribution is -2.29. The number of aliphatic carboxylic acids is 1. The number of imidazole rings is 1. The number of hydrogen-bond donors (Lipinski definition) is 2. The third-order valence-corrected chi connectivity index (χ3v) is 5.86. The fraction of sp³-hybridized carbons (Fsp3) is 0.524. The van der Waals surface area contributed by atoms with Crippen molar-refractivity contribution in [1.29, 1.82) is 0 Å². The van der Waals surface area contributed by atoms with Crippen molar-refractivity contribution in [2.75, 3.05) is 5.32 Å². The number of amides is 1. The smallest absolute Gasteiger partial charge is 0.434 e. The highest BCUT2D eigenvalue weighted by molar-refractivity contribution is 5.93. The maximum atomic E-state index is 13.0. The number of hydrogen-bond acceptors (Lipinski definition) is 4. The second-order valence-corrected chi connectivity index (χ2v) is 8.46. The molecular formula is C21H25F3N4O3. The van der Waals surface area contributed by atoms with Crippen molar-refractivity contribution in [2.24, 2.45) is 5.92 Å². The van der Waals surface area contributed by atoms with Gasteiger partial charge in [-0.05, 0) is 37.8 Å². The van der Waals surface area contributed by atoms with Crippen LogP contribution in [0.5, 0.6) is 0 Å². The van der Waals surface area contributed by atoms with Crippen LogP contribution in [-0.4, -0.2) is 31.5 Å². The molecule has 7 nitrogen and oxygen atoms in total. The number of nitrogens with one attached hydrogen (secondary N) is 1. The predicted octanol–water partition coefficient (Wildman–Crippen LogP) is 4.42. The van der Waals surface area contributed by atoms with Gasteiger partial charge in [0.05, 0.1) is 11.7 Å². The van der Waals surface area contributed by atoms with Crippen LogP contribution in [0.15, 0.2) is 30.9 Å². The molecule has 2 heterocycles. The van der Waals surface area contributed by atoms with E-state index in [0.29, 0.717) is 12.0 Å². The molecule has 3 rings (SSSR count). The Morgan fingerprint density at radius 3 is 2.42 bits per heavy atom. The first-order valence-electron chi connectivity index (χ1n) is 10.1. The van der Waals surface area contributed by atoms with Gasteiger partial charge in [0.15, 0.2) is 5.69 Å². The molecule has 10 heteroatoms. The van der Waals surface area contributed by atoms with Gasteiger partial charge in [-0.3, -0.25) is 9.59 Å². The van der Waals surface area contributed by atoms with Gasteiger partial charge in [0.25, 0.3) is 0 Å². The molecule has 0 aliphatic heterocycles. The van der Waals surface area contributed by atoms with E-state index in [1.165, 1.54) is 16.8 Å². The molecule has 0 radical (unpaired) electrons. The third kappa shape index (κ3) is 5.23. The number of carboxylic acids is 1. The highest BCUT2D eigenvalue weighted by atomic mass is 19.4. The molecule has 31 heavy (non-hydrogen) atoms. The predicted molar refractivity (Wildman–Crippen MR) is 106 cm³/mol. The normalized spacial score (nSPS) is 16.3. The summed E-state index contributed by atoms with van der Waals surface area (Å²) in [5, 5.41) is 12.0. The van der Waals surface area contributed by atoms with E-state index >= 15 is 0 Å². The maximum Gasteiger partial charge on any atom is 0.434 e. The molecule has 1 aliphatic carbocycles. The Morgan fingerprint density at radius 1 is 1.23 bits per heavy atom. The van der Waals surface area contributed by atoms with E-state index in [-0.39, 0.29) is 11.7 Å². The molecule has 1 saturated carbocycles. The number of alkyl halides is 3. The van der Waals surface area contributed by atoms with Gasteiger partial charge < -0.3 is 15.0 Å². The summed E-state index contributed by atoms with van der Waals surface area (Å²) in [5.41, 5.74) is -1.73. The standard InChI is InChI=1S/C21H25F3N4O3/c1-20(2,19(30)31)14-7-8-17(25-10-14)27-18(29)15(9-13-5-3-4-6-13)28-11-16(26-12-28)21(22,23)24/h7-8,10-13,15H,3-6,9H2,1-2H3,(H,30,31)(H,25,27,29)/t15-/m0/s1. The van der Waals surface area contributed by atoms with Crippen molar-refractivity contribution < 1.29 is 27.9 Å². The van der Waals surface area contributed by atoms with Gasteiger partial charge in [-0.1, -0.05) is 31.7 Å². The van der Waals surface area contributed by atoms with Gasteiger partial charge in [0, 0.05) is 12.4 Å². The van der Waals surface area contributed by atoms with E-state index < -0.39 is 35.2 Å². The minimum Gasteiger partial charge on any atom is -0.481 e. The van der Waals surface area contributed by atoms with Crippen LogP contribution < -0.4 is 5.32 Å². The Bertz CT molecular complexity index is 932. The van der Waals surface area contributed by atoms with Crippen molar-refractivity contribution in [3.8, 4) is 0 Å². The van der Waals surface area contributed by atoms with Crippen LogP contribution in [0.3, 0.4) is 0 Å². The molecule has 0 bridgehead atoms. The number of rotatable bonds is 7. The summed E-state index contributed by atoms with van der Waals surface area (Å²) in [6.07, 6.45) is 3.02. The number of carboxylic acid groups (broad SMARTS) is 1. The van der Waals surface area contributed by atoms with Crippen LogP contribution in [0.25, 0.3) is 0 Å². The zero-order valence-electron chi connectivity index (χ0n) is 17.3. The molecule has 1 amide bonds. The third-order valence-electron chi connectivity index (χ3n) is 5.86. The number of carbonyl (C=O) groups excluding carboxylic acids is 1. The van der Waals surface area contributed by atoms with Crippen LogP contribution in [0.2, 0.25) is 0 Å². The molecule has 2 N–H and O–H groups in total. The highest BCUT2D eigenvalue weighted by Crippen LogP contribution is 2.34. The van der Waals surface area contributed by atoms with Gasteiger partial charge in [0.1, 0.15) is 11.9 Å². The van der Waals surface area contributed by atoms with Crippen molar-refractivity contribution in [1.82, 2.24) is 14.5 Å². The minimum absolute atomic E-state index is 0.197. The lowest BCUT2D eigenvalue weighted by atomic mass is 9.86. The summed E-state index contributed by atoms with van der Waals surface area (Å²) in [5.74, 6) is -1.05. The average molecular weight is 438 g/mol. The SMILES string of the molecule is CC(C)(C(=O)O)c1ccc(NC(=O)[C@H](CC2CCCC2)n2cnc(C(F)(F)F)c2)nc1. The number of halogens is 3. The van der Waals surface area contributed by atoms with Crippen molar-refractivity contribution >= 4 is 17.7 Å². The summed E-state index contributed by atoms with van der Waals surface area (Å²) in [4.78, 5) is 31.9. The lowest BCUT2D eigenvalue weighted by molar-refractivity contribution is -0.142. The second-order valence-electron chi connectivity index (χ2n) is 8.46. The van der Waals surface area contributed by atoms with E-state index in [9.17, 15) is 27.9 Å². The van der Waals surface area contributed by atoms with Crippen molar-refractivity contribution in [2.45, 2.75) is 63.6 Å². The van der Waals surface area contributed by atoms with Crippen LogP contribution >= 0.6 is 0 Å². The molecule has 1 fully saturated rings. The van der Waals surface area contributed by atoms with Gasteiger partial charge >= 0.3 is 12.1 Å². The quantitative estimate of drug-likeness (QED) is 0.667. The van der Waals surface area contributed by atoms with Crippen LogP contribution in [-0.2, 0) is 21.2 Å². The number of carbonyl (C=O) groups is 2. The molecule has 168 valence electrons. The summed E-state index contributed by atoms with van der Waals surface area (Å²) in [6.45, 7) is 3.08. The fourth-order valence-electron chi connectivity index (χ4n) is 3.75. The van der Waals surface area contributed by atoms with Crippen molar-refractivity contribution in [3.05, 3.63) is 42.1 Å². The van der Waals surface area contributed by atoms with E-state index in [1.54, 1.807) is 19.9 Å². The average Bonchev–Trinajstić information content (AvgIpc) is 3.38. The Labute approximate surface area is 177 Å². The second kappa shape index (κ2) is 8.68. The topological polar surface area (TPSA) is 97.1 Å². The molecule has 2 aromatic heterocycles. The first-order valence-corrected chi connectivity index (χ1v) is 10.1. The van der Waals surface area contributed by atoms with E-state index in [4.69, 9.17) is 0 Å². The van der Waals surface area contributed by atoms with Crippen LogP contribution in [0, 0.1) is 5.92 Å². The van der Waals surface area contributed by atoms with Gasteiger partial charge in [-0.25, -0.2) is 9.97 Å². The van der Waals surface area contributed by atoms with Gasteiger partial charge in [-0.2, -0.15) is 13.2 Å². The molecule has 0 unspecified atom stereocenters. The van der Waals surface area contributed by atoms with Gasteiger partial charge in [-0.15, -0.1) is 0 Å². The Kier molecular flexibility index (Phi) is 6.38. The zero-order chi connectivity index (χ0) is 22.8. The minimum atomic E-state index is -4.59. The first-order chi connectivity index (χ1) is 14.5. The molecular weight excluding hydrogens is 413 g/mol. The molecule has 2 aromatic rings. The highest BCUT2D eigenvalue weighted by Gasteiger charge is 2.35. The van der Waals surface area contributed by atoms with Crippen LogP contribution in [0.1, 0.15) is 63.3 Å². The summed E-state index contributed by atoms with van der Waals surface area (Å²) in [6, 6.07) is 2.19. The summed E-state index contributed by atoms with van der Waals surface area (Å²) < 4.78 is 40.1. The summed E-state index contributed by atoms with van der Waals surface area (Å²) in [7, 11) is 0. The summed E-state index contributed by atoms with van der Waals surface area (Å²) >= 11 is 0. The maximum absolute atomic E-state index is 13.0. The Hall–Kier alpha value is -2.91. The molecule has 0 spiro atoms. The monoisotopic (exact) mass is 438 g/mol. The molecule has 0 aromatic carbocycles. The number of anilines is 1. The van der Waals surface area contributed by atoms with E-state index in [2.05, 4.69) is 15.3 Å². The zero-order valence-corrected chi connectivity index (χ0v) is 17.3. The number of nitrogens with zero attached hydrogens (tertiary/aromatic N) is 3. The largest absolute Gasteiger partial charge is 0.481 e. The van der Waals surface area contributed by atoms with Crippen LogP contribution in [0.4, 0.5) is 19.0 Å². The lowest BCUT2D eigenvalue weighted by Gasteiger charge is -2.22. The van der Waals surface area contributed by atoms with E-state index in [0.717, 1.165) is 38.2 Å². The number of aromatic nitrogens is 3. The van der Waals surface area contributed by atoms with E-state index in [1.807, 2.05) is 0 Å². The number of pyridine rings is 1.